The highest BCUT2D eigenvalue weighted by atomic mass is 15.2. The molecule has 1 saturated carbocycles. The van der Waals surface area contributed by atoms with Gasteiger partial charge in [0.2, 0.25) is 5.95 Å². The summed E-state index contributed by atoms with van der Waals surface area (Å²) in [6.07, 6.45) is 4.71. The van der Waals surface area contributed by atoms with E-state index in [-0.39, 0.29) is 0 Å². The van der Waals surface area contributed by atoms with E-state index >= 15 is 0 Å². The second kappa shape index (κ2) is 6.14. The molecule has 100 valence electrons. The molecule has 0 aliphatic heterocycles. The summed E-state index contributed by atoms with van der Waals surface area (Å²) in [7, 11) is 0. The third kappa shape index (κ3) is 3.42. The van der Waals surface area contributed by atoms with E-state index in [1.807, 2.05) is 6.20 Å². The van der Waals surface area contributed by atoms with Crippen molar-refractivity contribution in [2.24, 2.45) is 5.92 Å². The Bertz CT molecular complexity index is 387. The van der Waals surface area contributed by atoms with E-state index in [9.17, 15) is 0 Å². The van der Waals surface area contributed by atoms with Crippen LogP contribution >= 0.6 is 0 Å². The molecular formula is C14H24N4. The van der Waals surface area contributed by atoms with Gasteiger partial charge < -0.3 is 10.2 Å². The van der Waals surface area contributed by atoms with Crippen molar-refractivity contribution in [3.8, 4) is 0 Å². The van der Waals surface area contributed by atoms with Crippen molar-refractivity contribution in [3.05, 3.63) is 17.5 Å². The standard InChI is InChI=1S/C14H24N4/c1-4-15-8-13-9-16-14(17-11(13)3)18(5-2)10-12-6-7-12/h9,12,15H,4-8,10H2,1-3H3. The number of aryl methyl sites for hydroxylation is 1. The van der Waals surface area contributed by atoms with E-state index in [1.54, 1.807) is 0 Å². The van der Waals surface area contributed by atoms with Gasteiger partial charge in [-0.3, -0.25) is 0 Å². The molecule has 0 aromatic carbocycles. The van der Waals surface area contributed by atoms with Crippen LogP contribution in [-0.2, 0) is 6.54 Å². The highest BCUT2D eigenvalue weighted by molar-refractivity contribution is 5.33. The van der Waals surface area contributed by atoms with Crippen molar-refractivity contribution in [3.63, 3.8) is 0 Å². The third-order valence-corrected chi connectivity index (χ3v) is 3.47. The van der Waals surface area contributed by atoms with Crippen molar-refractivity contribution < 1.29 is 0 Å². The minimum atomic E-state index is 0.858. The van der Waals surface area contributed by atoms with Crippen molar-refractivity contribution in [2.45, 2.75) is 40.2 Å². The van der Waals surface area contributed by atoms with Crippen LogP contribution in [0, 0.1) is 12.8 Å². The Balaban J connectivity index is 2.05. The minimum absolute atomic E-state index is 0.858. The van der Waals surface area contributed by atoms with Gasteiger partial charge in [0.15, 0.2) is 0 Å². The Kier molecular flexibility index (Phi) is 4.53. The molecule has 1 fully saturated rings. The molecule has 1 aliphatic rings. The van der Waals surface area contributed by atoms with Gasteiger partial charge in [0.05, 0.1) is 0 Å². The molecule has 0 radical (unpaired) electrons. The van der Waals surface area contributed by atoms with Gasteiger partial charge in [0.25, 0.3) is 0 Å². The summed E-state index contributed by atoms with van der Waals surface area (Å²) in [5.41, 5.74) is 2.29. The Morgan fingerprint density at radius 1 is 1.39 bits per heavy atom. The number of nitrogens with one attached hydrogen (secondary N) is 1. The topological polar surface area (TPSA) is 41.1 Å². The predicted molar refractivity (Wildman–Crippen MR) is 74.8 cm³/mol. The van der Waals surface area contributed by atoms with Crippen LogP contribution in [0.25, 0.3) is 0 Å². The molecule has 18 heavy (non-hydrogen) atoms. The molecule has 0 unspecified atom stereocenters. The SMILES string of the molecule is CCNCc1cnc(N(CC)CC2CC2)nc1C. The van der Waals surface area contributed by atoms with Crippen LogP contribution in [0.3, 0.4) is 0 Å². The van der Waals surface area contributed by atoms with E-state index in [1.165, 1.54) is 18.4 Å². The van der Waals surface area contributed by atoms with E-state index in [2.05, 4.69) is 41.0 Å². The molecule has 1 aliphatic carbocycles. The van der Waals surface area contributed by atoms with Crippen molar-refractivity contribution in [1.82, 2.24) is 15.3 Å². The van der Waals surface area contributed by atoms with Crippen LogP contribution in [0.5, 0.6) is 0 Å². The maximum absolute atomic E-state index is 4.65. The second-order valence-electron chi connectivity index (χ2n) is 5.04. The summed E-state index contributed by atoms with van der Waals surface area (Å²) in [6.45, 7) is 10.3. The summed E-state index contributed by atoms with van der Waals surface area (Å²) in [6, 6.07) is 0. The Hall–Kier alpha value is -1.16. The van der Waals surface area contributed by atoms with Crippen molar-refractivity contribution in [2.75, 3.05) is 24.5 Å². The van der Waals surface area contributed by atoms with Crippen molar-refractivity contribution in [1.29, 1.82) is 0 Å². The summed E-state index contributed by atoms with van der Waals surface area (Å²) >= 11 is 0. The molecule has 4 nitrogen and oxygen atoms in total. The zero-order chi connectivity index (χ0) is 13.0. The molecule has 0 amide bonds. The average molecular weight is 248 g/mol. The molecule has 1 aromatic rings. The first-order valence-corrected chi connectivity index (χ1v) is 7.02. The van der Waals surface area contributed by atoms with Crippen LogP contribution in [0.15, 0.2) is 6.20 Å². The fraction of sp³-hybridized carbons (Fsp3) is 0.714. The molecule has 0 bridgehead atoms. The van der Waals surface area contributed by atoms with Gasteiger partial charge in [-0.1, -0.05) is 6.92 Å². The van der Waals surface area contributed by atoms with Crippen LogP contribution < -0.4 is 10.2 Å². The molecule has 1 N–H and O–H groups in total. The Morgan fingerprint density at radius 3 is 2.72 bits per heavy atom. The summed E-state index contributed by atoms with van der Waals surface area (Å²) in [5.74, 6) is 1.76. The molecule has 1 aromatic heterocycles. The first-order valence-electron chi connectivity index (χ1n) is 7.02. The normalized spacial score (nSPS) is 14.8. The van der Waals surface area contributed by atoms with Crippen molar-refractivity contribution >= 4 is 5.95 Å². The van der Waals surface area contributed by atoms with Gasteiger partial charge in [-0.2, -0.15) is 0 Å². The molecule has 1 heterocycles. The fourth-order valence-electron chi connectivity index (χ4n) is 2.03. The maximum Gasteiger partial charge on any atom is 0.225 e. The lowest BCUT2D eigenvalue weighted by molar-refractivity contribution is 0.698. The van der Waals surface area contributed by atoms with Crippen LogP contribution in [0.2, 0.25) is 0 Å². The predicted octanol–water partition coefficient (Wildman–Crippen LogP) is 2.13. The molecule has 0 atom stereocenters. The number of hydrogen-bond acceptors (Lipinski definition) is 4. The number of anilines is 1. The quantitative estimate of drug-likeness (QED) is 0.802. The van der Waals surface area contributed by atoms with Crippen LogP contribution in [-0.4, -0.2) is 29.6 Å². The minimum Gasteiger partial charge on any atom is -0.341 e. The van der Waals surface area contributed by atoms with Gasteiger partial charge in [-0.05, 0) is 39.2 Å². The zero-order valence-electron chi connectivity index (χ0n) is 11.7. The highest BCUT2D eigenvalue weighted by Gasteiger charge is 2.24. The van der Waals surface area contributed by atoms with E-state index < -0.39 is 0 Å². The Morgan fingerprint density at radius 2 is 2.17 bits per heavy atom. The number of nitrogens with zero attached hydrogens (tertiary/aromatic N) is 3. The maximum atomic E-state index is 4.65. The van der Waals surface area contributed by atoms with Crippen LogP contribution in [0.1, 0.15) is 37.9 Å². The average Bonchev–Trinajstić information content (AvgIpc) is 3.18. The third-order valence-electron chi connectivity index (χ3n) is 3.47. The monoisotopic (exact) mass is 248 g/mol. The number of rotatable bonds is 7. The summed E-state index contributed by atoms with van der Waals surface area (Å²) < 4.78 is 0. The highest BCUT2D eigenvalue weighted by Crippen LogP contribution is 2.30. The number of hydrogen-bond donors (Lipinski definition) is 1. The lowest BCUT2D eigenvalue weighted by Gasteiger charge is -2.21. The van der Waals surface area contributed by atoms with E-state index in [0.717, 1.165) is 43.7 Å². The number of aromatic nitrogens is 2. The zero-order valence-corrected chi connectivity index (χ0v) is 11.7. The smallest absolute Gasteiger partial charge is 0.225 e. The first-order chi connectivity index (χ1) is 8.74. The molecule has 0 saturated heterocycles. The van der Waals surface area contributed by atoms with Gasteiger partial charge in [-0.15, -0.1) is 0 Å². The van der Waals surface area contributed by atoms with E-state index in [4.69, 9.17) is 0 Å². The van der Waals surface area contributed by atoms with Gasteiger partial charge in [0.1, 0.15) is 0 Å². The van der Waals surface area contributed by atoms with Gasteiger partial charge >= 0.3 is 0 Å². The second-order valence-corrected chi connectivity index (χ2v) is 5.04. The fourth-order valence-corrected chi connectivity index (χ4v) is 2.03. The van der Waals surface area contributed by atoms with Crippen LogP contribution in [0.4, 0.5) is 5.95 Å². The first kappa shape index (κ1) is 13.3. The van der Waals surface area contributed by atoms with Gasteiger partial charge in [-0.25, -0.2) is 9.97 Å². The largest absolute Gasteiger partial charge is 0.341 e. The molecule has 4 heteroatoms. The summed E-state index contributed by atoms with van der Waals surface area (Å²) in [5, 5.41) is 3.32. The molecular weight excluding hydrogens is 224 g/mol. The lowest BCUT2D eigenvalue weighted by Crippen LogP contribution is -2.27. The van der Waals surface area contributed by atoms with Gasteiger partial charge in [0, 0.05) is 37.1 Å². The lowest BCUT2D eigenvalue weighted by atomic mass is 10.2. The molecule has 2 rings (SSSR count). The van der Waals surface area contributed by atoms with E-state index in [0.29, 0.717) is 0 Å². The Labute approximate surface area is 110 Å². The summed E-state index contributed by atoms with van der Waals surface area (Å²) in [4.78, 5) is 11.5. The molecule has 0 spiro atoms.